The molecule has 7 nitrogen and oxygen atoms in total. The normalized spacial score (nSPS) is 14.7. The predicted molar refractivity (Wildman–Crippen MR) is 124 cm³/mol. The minimum Gasteiger partial charge on any atom is -0.410 e. The van der Waals surface area contributed by atoms with E-state index in [0.717, 1.165) is 54.2 Å². The van der Waals surface area contributed by atoms with E-state index < -0.39 is 0 Å². The number of benzene rings is 1. The lowest BCUT2D eigenvalue weighted by molar-refractivity contribution is 0.134. The molecule has 0 atom stereocenters. The number of rotatable bonds is 8. The second-order valence-corrected chi connectivity index (χ2v) is 9.64. The van der Waals surface area contributed by atoms with Crippen molar-refractivity contribution in [1.82, 2.24) is 24.4 Å². The van der Waals surface area contributed by atoms with Crippen molar-refractivity contribution in [2.24, 2.45) is 13.0 Å². The van der Waals surface area contributed by atoms with Gasteiger partial charge in [0.15, 0.2) is 10.3 Å². The van der Waals surface area contributed by atoms with Gasteiger partial charge in [-0.3, -0.25) is 0 Å². The van der Waals surface area contributed by atoms with Crippen molar-refractivity contribution in [1.29, 1.82) is 0 Å². The van der Waals surface area contributed by atoms with E-state index in [2.05, 4.69) is 15.0 Å². The van der Waals surface area contributed by atoms with Gasteiger partial charge in [-0.05, 0) is 42.9 Å². The van der Waals surface area contributed by atoms with E-state index in [9.17, 15) is 4.79 Å². The number of H-pyrrole nitrogens is 1. The highest BCUT2D eigenvalue weighted by atomic mass is 32.2. The number of nitrogens with one attached hydrogen (secondary N) is 1. The lowest BCUT2D eigenvalue weighted by atomic mass is 9.99. The molecule has 1 fully saturated rings. The third-order valence-electron chi connectivity index (χ3n) is 5.33. The molecular weight excluding hydrogens is 430 g/mol. The van der Waals surface area contributed by atoms with Crippen LogP contribution in [0, 0.1) is 5.92 Å². The van der Waals surface area contributed by atoms with Gasteiger partial charge in [-0.25, -0.2) is 14.8 Å². The van der Waals surface area contributed by atoms with Gasteiger partial charge in [0, 0.05) is 56.4 Å². The van der Waals surface area contributed by atoms with Gasteiger partial charge >= 0.3 is 6.09 Å². The Morgan fingerprint density at radius 2 is 1.97 bits per heavy atom. The van der Waals surface area contributed by atoms with Crippen molar-refractivity contribution in [3.8, 4) is 5.75 Å². The molecule has 0 bridgehead atoms. The molecule has 0 aliphatic carbocycles. The molecule has 1 amide bonds. The number of aromatic amines is 1. The van der Waals surface area contributed by atoms with Gasteiger partial charge in [0.2, 0.25) is 0 Å². The molecule has 164 valence electrons. The molecule has 0 saturated carbocycles. The highest BCUT2D eigenvalue weighted by Gasteiger charge is 2.24. The molecule has 3 heterocycles. The van der Waals surface area contributed by atoms with Crippen LogP contribution in [0.15, 0.2) is 59.4 Å². The fraction of sp³-hybridized carbons (Fsp3) is 0.409. The summed E-state index contributed by atoms with van der Waals surface area (Å²) < 4.78 is 7.63. The van der Waals surface area contributed by atoms with Crippen LogP contribution in [0.5, 0.6) is 5.75 Å². The summed E-state index contributed by atoms with van der Waals surface area (Å²) in [4.78, 5) is 26.0. The summed E-state index contributed by atoms with van der Waals surface area (Å²) in [5.74, 6) is 3.18. The number of amides is 1. The fourth-order valence-electron chi connectivity index (χ4n) is 3.45. The number of carbonyl (C=O) groups is 1. The number of carbonyl (C=O) groups excluding carboxylic acids is 1. The average Bonchev–Trinajstić information content (AvgIpc) is 3.45. The minimum atomic E-state index is -0.253. The summed E-state index contributed by atoms with van der Waals surface area (Å²) in [5.41, 5.74) is 1.21. The van der Waals surface area contributed by atoms with Crippen molar-refractivity contribution >= 4 is 29.6 Å². The Morgan fingerprint density at radius 1 is 1.16 bits per heavy atom. The highest BCUT2D eigenvalue weighted by Crippen LogP contribution is 2.26. The van der Waals surface area contributed by atoms with Crippen molar-refractivity contribution in [2.45, 2.75) is 29.6 Å². The van der Waals surface area contributed by atoms with E-state index in [0.29, 0.717) is 11.7 Å². The molecule has 3 aromatic rings. The monoisotopic (exact) mass is 457 g/mol. The lowest BCUT2D eigenvalue weighted by Crippen LogP contribution is -2.40. The summed E-state index contributed by atoms with van der Waals surface area (Å²) in [6.07, 6.45) is 10.1. The number of ether oxygens (including phenoxy) is 1. The number of piperidine rings is 1. The third-order valence-corrected chi connectivity index (χ3v) is 7.52. The van der Waals surface area contributed by atoms with Crippen LogP contribution in [0.4, 0.5) is 4.79 Å². The van der Waals surface area contributed by atoms with Gasteiger partial charge in [0.1, 0.15) is 5.75 Å². The maximum Gasteiger partial charge on any atom is 0.415 e. The Kier molecular flexibility index (Phi) is 7.58. The van der Waals surface area contributed by atoms with Crippen LogP contribution in [0.3, 0.4) is 0 Å². The minimum absolute atomic E-state index is 0.253. The molecule has 9 heteroatoms. The van der Waals surface area contributed by atoms with Crippen LogP contribution in [0.1, 0.15) is 18.4 Å². The van der Waals surface area contributed by atoms with Gasteiger partial charge in [-0.2, -0.15) is 0 Å². The van der Waals surface area contributed by atoms with Crippen LogP contribution >= 0.6 is 23.5 Å². The third kappa shape index (κ3) is 6.30. The Labute approximate surface area is 191 Å². The number of hydrogen-bond donors (Lipinski definition) is 1. The Balaban J connectivity index is 1.17. The molecule has 0 radical (unpaired) electrons. The van der Waals surface area contributed by atoms with Gasteiger partial charge in [0.25, 0.3) is 0 Å². The quantitative estimate of drug-likeness (QED) is 0.503. The fourth-order valence-corrected chi connectivity index (χ4v) is 5.39. The summed E-state index contributed by atoms with van der Waals surface area (Å²) in [6, 6.07) is 7.79. The van der Waals surface area contributed by atoms with E-state index in [-0.39, 0.29) is 6.09 Å². The van der Waals surface area contributed by atoms with Crippen LogP contribution in [-0.4, -0.2) is 55.1 Å². The second kappa shape index (κ2) is 10.8. The molecule has 31 heavy (non-hydrogen) atoms. The number of aromatic nitrogens is 4. The van der Waals surface area contributed by atoms with Crippen LogP contribution < -0.4 is 4.74 Å². The largest absolute Gasteiger partial charge is 0.415 e. The zero-order valence-corrected chi connectivity index (χ0v) is 19.2. The van der Waals surface area contributed by atoms with E-state index >= 15 is 0 Å². The molecule has 2 aromatic heterocycles. The first-order valence-corrected chi connectivity index (χ1v) is 12.4. The summed E-state index contributed by atoms with van der Waals surface area (Å²) >= 11 is 3.48. The van der Waals surface area contributed by atoms with Crippen molar-refractivity contribution < 1.29 is 9.53 Å². The van der Waals surface area contributed by atoms with Crippen LogP contribution in [0.2, 0.25) is 0 Å². The Hall–Kier alpha value is -2.39. The molecule has 0 spiro atoms. The van der Waals surface area contributed by atoms with E-state index in [1.165, 1.54) is 5.56 Å². The zero-order chi connectivity index (χ0) is 21.5. The maximum atomic E-state index is 12.5. The summed E-state index contributed by atoms with van der Waals surface area (Å²) in [7, 11) is 2.01. The summed E-state index contributed by atoms with van der Waals surface area (Å²) in [5, 5.41) is 1.98. The van der Waals surface area contributed by atoms with E-state index in [1.54, 1.807) is 29.7 Å². The number of aryl methyl sites for hydroxylation is 2. The van der Waals surface area contributed by atoms with E-state index in [1.807, 2.05) is 59.4 Å². The maximum absolute atomic E-state index is 12.5. The molecular formula is C22H27N5O2S2. The van der Waals surface area contributed by atoms with Crippen molar-refractivity contribution in [3.05, 3.63) is 54.6 Å². The first kappa shape index (κ1) is 21.8. The standard InChI is InChI=1S/C22H27N5O2S2/c1-26-14-11-25-21(26)31-16-18-6-12-27(13-7-18)22(28)29-19-4-2-17(3-5-19)8-15-30-20-23-9-10-24-20/h2-5,9-11,14,18H,6-8,12-13,15-16H2,1H3,(H,23,24). The number of hydrogen-bond acceptors (Lipinski definition) is 6. The van der Waals surface area contributed by atoms with Gasteiger partial charge in [-0.1, -0.05) is 35.7 Å². The first-order valence-electron chi connectivity index (χ1n) is 10.5. The molecule has 4 rings (SSSR count). The van der Waals surface area contributed by atoms with Gasteiger partial charge in [0.05, 0.1) is 0 Å². The second-order valence-electron chi connectivity index (χ2n) is 7.57. The zero-order valence-electron chi connectivity index (χ0n) is 17.6. The van der Waals surface area contributed by atoms with E-state index in [4.69, 9.17) is 4.74 Å². The molecule has 1 aromatic carbocycles. The van der Waals surface area contributed by atoms with Crippen molar-refractivity contribution in [2.75, 3.05) is 24.6 Å². The van der Waals surface area contributed by atoms with Gasteiger partial charge in [-0.15, -0.1) is 0 Å². The Morgan fingerprint density at radius 3 is 2.65 bits per heavy atom. The highest BCUT2D eigenvalue weighted by molar-refractivity contribution is 7.99. The average molecular weight is 458 g/mol. The van der Waals surface area contributed by atoms with Crippen molar-refractivity contribution in [3.63, 3.8) is 0 Å². The number of likely N-dealkylation sites (tertiary alicyclic amines) is 1. The number of imidazole rings is 2. The lowest BCUT2D eigenvalue weighted by Gasteiger charge is -2.31. The van der Waals surface area contributed by atoms with Crippen LogP contribution in [0.25, 0.3) is 0 Å². The SMILES string of the molecule is Cn1ccnc1SCC1CCN(C(=O)Oc2ccc(CCSc3ncc[nH]3)cc2)CC1. The van der Waals surface area contributed by atoms with Crippen LogP contribution in [-0.2, 0) is 13.5 Å². The number of nitrogens with zero attached hydrogens (tertiary/aromatic N) is 4. The predicted octanol–water partition coefficient (Wildman–Crippen LogP) is 4.48. The molecule has 1 saturated heterocycles. The molecule has 1 aliphatic rings. The van der Waals surface area contributed by atoms with Gasteiger partial charge < -0.3 is 19.2 Å². The smallest absolute Gasteiger partial charge is 0.410 e. The topological polar surface area (TPSA) is 76.0 Å². The Bertz CT molecular complexity index is 951. The first-order chi connectivity index (χ1) is 15.2. The molecule has 1 aliphatic heterocycles. The molecule has 0 unspecified atom stereocenters. The number of thioether (sulfide) groups is 2. The summed E-state index contributed by atoms with van der Waals surface area (Å²) in [6.45, 7) is 1.49. The molecule has 1 N–H and O–H groups in total.